The number of nitrogens with zero attached hydrogens (tertiary/aromatic N) is 5. The smallest absolute Gasteiger partial charge is 0.261 e. The number of nitrogens with two attached hydrogens (primary N) is 1. The summed E-state index contributed by atoms with van der Waals surface area (Å²) in [6.45, 7) is 2.16. The van der Waals surface area contributed by atoms with E-state index in [0.717, 1.165) is 11.3 Å². The molecule has 0 unspecified atom stereocenters. The van der Waals surface area contributed by atoms with E-state index < -0.39 is 10.0 Å². The Labute approximate surface area is 172 Å². The largest absolute Gasteiger partial charge is 0.471 e. The van der Waals surface area contributed by atoms with Gasteiger partial charge in [-0.25, -0.2) is 18.5 Å². The van der Waals surface area contributed by atoms with E-state index in [4.69, 9.17) is 14.4 Å². The molecule has 30 heavy (non-hydrogen) atoms. The van der Waals surface area contributed by atoms with Gasteiger partial charge in [0.05, 0.1) is 22.3 Å². The fourth-order valence-corrected chi connectivity index (χ4v) is 3.25. The SMILES string of the molecule is Cc1ccc(OCc2c(-c3nc(-c4ccc(S(N)(=O)=O)cc4)no3)cnn2C)nc1. The first-order valence-corrected chi connectivity index (χ1v) is 10.4. The van der Waals surface area contributed by atoms with Crippen molar-refractivity contribution in [2.24, 2.45) is 12.2 Å². The van der Waals surface area contributed by atoms with Gasteiger partial charge in [-0.05, 0) is 36.8 Å². The maximum absolute atomic E-state index is 11.4. The molecule has 3 aromatic heterocycles. The van der Waals surface area contributed by atoms with Crippen LogP contribution in [0.1, 0.15) is 11.3 Å². The van der Waals surface area contributed by atoms with Crippen LogP contribution in [0.5, 0.6) is 5.88 Å². The summed E-state index contributed by atoms with van der Waals surface area (Å²) in [6.07, 6.45) is 3.34. The van der Waals surface area contributed by atoms with E-state index in [1.807, 2.05) is 13.0 Å². The van der Waals surface area contributed by atoms with E-state index in [2.05, 4.69) is 20.2 Å². The minimum absolute atomic E-state index is 0.00591. The lowest BCUT2D eigenvalue weighted by Crippen LogP contribution is -2.11. The number of primary sulfonamides is 1. The number of sulfonamides is 1. The first kappa shape index (κ1) is 19.7. The zero-order valence-corrected chi connectivity index (χ0v) is 17.0. The predicted octanol–water partition coefficient (Wildman–Crippen LogP) is 2.07. The third kappa shape index (κ3) is 4.07. The number of aryl methyl sites for hydroxylation is 2. The van der Waals surface area contributed by atoms with Crippen LogP contribution in [0.3, 0.4) is 0 Å². The van der Waals surface area contributed by atoms with Crippen LogP contribution in [0.25, 0.3) is 22.8 Å². The van der Waals surface area contributed by atoms with Gasteiger partial charge in [-0.1, -0.05) is 11.2 Å². The molecular formula is C19H18N6O4S. The number of rotatable bonds is 6. The molecule has 0 aliphatic carbocycles. The molecule has 0 atom stereocenters. The second-order valence-corrected chi connectivity index (χ2v) is 8.14. The molecule has 0 spiro atoms. The van der Waals surface area contributed by atoms with Gasteiger partial charge in [-0.3, -0.25) is 4.68 Å². The third-order valence-electron chi connectivity index (χ3n) is 4.40. The normalized spacial score (nSPS) is 11.6. The zero-order chi connectivity index (χ0) is 21.3. The lowest BCUT2D eigenvalue weighted by Gasteiger charge is -2.07. The molecule has 0 saturated carbocycles. The first-order valence-electron chi connectivity index (χ1n) is 8.85. The fraction of sp³-hybridized carbons (Fsp3) is 0.158. The zero-order valence-electron chi connectivity index (χ0n) is 16.2. The van der Waals surface area contributed by atoms with Crippen LogP contribution in [0, 0.1) is 6.92 Å². The Kier molecular flexibility index (Phi) is 5.06. The molecule has 2 N–H and O–H groups in total. The van der Waals surface area contributed by atoms with Gasteiger partial charge < -0.3 is 9.26 Å². The maximum Gasteiger partial charge on any atom is 0.261 e. The highest BCUT2D eigenvalue weighted by Crippen LogP contribution is 2.26. The molecule has 0 radical (unpaired) electrons. The summed E-state index contributed by atoms with van der Waals surface area (Å²) >= 11 is 0. The van der Waals surface area contributed by atoms with Crippen molar-refractivity contribution in [3.05, 3.63) is 60.0 Å². The molecule has 0 saturated heterocycles. The topological polar surface area (TPSA) is 139 Å². The number of aromatic nitrogens is 5. The van der Waals surface area contributed by atoms with Crippen molar-refractivity contribution in [1.29, 1.82) is 0 Å². The van der Waals surface area contributed by atoms with E-state index in [1.165, 1.54) is 12.1 Å². The highest BCUT2D eigenvalue weighted by Gasteiger charge is 2.19. The van der Waals surface area contributed by atoms with Crippen LogP contribution >= 0.6 is 0 Å². The number of benzene rings is 1. The predicted molar refractivity (Wildman–Crippen MR) is 107 cm³/mol. The lowest BCUT2D eigenvalue weighted by molar-refractivity contribution is 0.283. The van der Waals surface area contributed by atoms with E-state index >= 15 is 0 Å². The molecule has 0 aliphatic rings. The Morgan fingerprint density at radius 2 is 1.90 bits per heavy atom. The van der Waals surface area contributed by atoms with E-state index in [1.54, 1.807) is 42.3 Å². The first-order chi connectivity index (χ1) is 14.3. The van der Waals surface area contributed by atoms with Crippen molar-refractivity contribution in [3.63, 3.8) is 0 Å². The van der Waals surface area contributed by atoms with Gasteiger partial charge in [0.25, 0.3) is 5.89 Å². The molecule has 4 aromatic rings. The molecule has 4 rings (SSSR count). The number of hydrogen-bond donors (Lipinski definition) is 1. The van der Waals surface area contributed by atoms with Crippen LogP contribution < -0.4 is 9.88 Å². The van der Waals surface area contributed by atoms with Gasteiger partial charge >= 0.3 is 0 Å². The van der Waals surface area contributed by atoms with E-state index in [-0.39, 0.29) is 17.4 Å². The van der Waals surface area contributed by atoms with Gasteiger partial charge in [-0.15, -0.1) is 0 Å². The van der Waals surface area contributed by atoms with Crippen molar-refractivity contribution in [2.45, 2.75) is 18.4 Å². The van der Waals surface area contributed by atoms with Crippen LogP contribution in [0.15, 0.2) is 58.2 Å². The monoisotopic (exact) mass is 426 g/mol. The van der Waals surface area contributed by atoms with Crippen LogP contribution in [0.2, 0.25) is 0 Å². The Morgan fingerprint density at radius 1 is 1.13 bits per heavy atom. The fourth-order valence-electron chi connectivity index (χ4n) is 2.74. The average Bonchev–Trinajstić information content (AvgIpc) is 3.34. The highest BCUT2D eigenvalue weighted by molar-refractivity contribution is 7.89. The third-order valence-corrected chi connectivity index (χ3v) is 5.33. The molecule has 1 aromatic carbocycles. The van der Waals surface area contributed by atoms with Gasteiger partial charge in [0.1, 0.15) is 6.61 Å². The molecule has 0 amide bonds. The molecule has 0 bridgehead atoms. The van der Waals surface area contributed by atoms with Crippen molar-refractivity contribution >= 4 is 10.0 Å². The molecule has 10 nitrogen and oxygen atoms in total. The number of ether oxygens (including phenoxy) is 1. The lowest BCUT2D eigenvalue weighted by atomic mass is 10.2. The second-order valence-electron chi connectivity index (χ2n) is 6.58. The minimum atomic E-state index is -3.77. The van der Waals surface area contributed by atoms with Crippen LogP contribution in [-0.4, -0.2) is 33.3 Å². The van der Waals surface area contributed by atoms with Crippen LogP contribution in [-0.2, 0) is 23.7 Å². The Balaban J connectivity index is 1.57. The maximum atomic E-state index is 11.4. The quantitative estimate of drug-likeness (QED) is 0.494. The van der Waals surface area contributed by atoms with Crippen molar-refractivity contribution in [3.8, 4) is 28.7 Å². The average molecular weight is 426 g/mol. The molecule has 11 heteroatoms. The Morgan fingerprint density at radius 3 is 2.57 bits per heavy atom. The summed E-state index contributed by atoms with van der Waals surface area (Å²) in [5.41, 5.74) is 2.99. The van der Waals surface area contributed by atoms with Crippen molar-refractivity contribution < 1.29 is 17.7 Å². The second kappa shape index (κ2) is 7.69. The summed E-state index contributed by atoms with van der Waals surface area (Å²) in [5, 5.41) is 13.3. The van der Waals surface area contributed by atoms with E-state index in [0.29, 0.717) is 22.8 Å². The highest BCUT2D eigenvalue weighted by atomic mass is 32.2. The molecule has 3 heterocycles. The van der Waals surface area contributed by atoms with Crippen molar-refractivity contribution in [2.75, 3.05) is 0 Å². The molecule has 0 fully saturated rings. The van der Waals surface area contributed by atoms with E-state index in [9.17, 15) is 8.42 Å². The van der Waals surface area contributed by atoms with Crippen molar-refractivity contribution in [1.82, 2.24) is 24.9 Å². The summed E-state index contributed by atoms with van der Waals surface area (Å²) in [6, 6.07) is 9.60. The number of pyridine rings is 1. The van der Waals surface area contributed by atoms with Crippen LogP contribution in [0.4, 0.5) is 0 Å². The summed E-state index contributed by atoms with van der Waals surface area (Å²) in [7, 11) is -1.98. The van der Waals surface area contributed by atoms with Gasteiger partial charge in [0.2, 0.25) is 21.7 Å². The van der Waals surface area contributed by atoms with Gasteiger partial charge in [-0.2, -0.15) is 10.1 Å². The summed E-state index contributed by atoms with van der Waals surface area (Å²) < 4.78 is 35.6. The molecule has 154 valence electrons. The molecule has 0 aliphatic heterocycles. The Bertz CT molecular complexity index is 1280. The Hall–Kier alpha value is -3.57. The standard InChI is InChI=1S/C19H18N6O4S/c1-12-3-8-17(21-9-12)28-11-16-15(10-22-25(16)2)19-23-18(24-29-19)13-4-6-14(7-5-13)30(20,26)27/h3-10H,11H2,1-2H3,(H2,20,26,27). The summed E-state index contributed by atoms with van der Waals surface area (Å²) in [5.74, 6) is 1.07. The van der Waals surface area contributed by atoms with Gasteiger partial charge in [0, 0.05) is 24.9 Å². The molecular weight excluding hydrogens is 408 g/mol. The number of hydrogen-bond acceptors (Lipinski definition) is 8. The van der Waals surface area contributed by atoms with Gasteiger partial charge in [0.15, 0.2) is 0 Å². The minimum Gasteiger partial charge on any atom is -0.471 e. The summed E-state index contributed by atoms with van der Waals surface area (Å²) in [4.78, 5) is 8.63.